The van der Waals surface area contributed by atoms with Crippen LogP contribution in [0.4, 0.5) is 0 Å². The summed E-state index contributed by atoms with van der Waals surface area (Å²) < 4.78 is 0. The van der Waals surface area contributed by atoms with Crippen molar-refractivity contribution < 1.29 is 20.1 Å². The van der Waals surface area contributed by atoms with Gasteiger partial charge in [0.25, 0.3) is 0 Å². The summed E-state index contributed by atoms with van der Waals surface area (Å²) >= 11 is 0. The molecule has 4 N–H and O–H groups in total. The molecule has 0 saturated carbocycles. The second-order valence-electron chi connectivity index (χ2n) is 13.1. The van der Waals surface area contributed by atoms with E-state index in [1.54, 1.807) is 6.08 Å². The predicted octanol–water partition coefficient (Wildman–Crippen LogP) is 10.4. The Bertz CT molecular complexity index is 704. The molecule has 0 saturated heterocycles. The number of hydrogen-bond donors (Lipinski definition) is 4. The van der Waals surface area contributed by atoms with Crippen LogP contribution in [-0.2, 0) is 4.79 Å². The van der Waals surface area contributed by atoms with Gasteiger partial charge >= 0.3 is 0 Å². The van der Waals surface area contributed by atoms with Gasteiger partial charge in [0.05, 0.1) is 18.8 Å². The van der Waals surface area contributed by atoms with Crippen molar-refractivity contribution in [1.82, 2.24) is 5.32 Å². The van der Waals surface area contributed by atoms with Crippen LogP contribution in [0.25, 0.3) is 0 Å². The van der Waals surface area contributed by atoms with E-state index in [0.29, 0.717) is 0 Å². The molecule has 45 heavy (non-hydrogen) atoms. The number of allylic oxidation sites excluding steroid dienone is 4. The highest BCUT2D eigenvalue weighted by Gasteiger charge is 2.22. The fraction of sp³-hybridized carbons (Fsp3) is 0.825. The minimum absolute atomic E-state index is 0.209. The Balaban J connectivity index is 3.78. The number of aliphatic hydroxyl groups excluding tert-OH is 3. The summed E-state index contributed by atoms with van der Waals surface area (Å²) in [5.74, 6) is -0.571. The summed E-state index contributed by atoms with van der Waals surface area (Å²) in [5, 5.41) is 32.8. The molecule has 0 bridgehead atoms. The second kappa shape index (κ2) is 35.4. The number of unbranched alkanes of at least 4 members (excludes halogenated alkanes) is 23. The summed E-state index contributed by atoms with van der Waals surface area (Å²) in [6, 6.07) is -0.826. The van der Waals surface area contributed by atoms with Crippen LogP contribution in [0, 0.1) is 0 Å². The Morgan fingerprint density at radius 2 is 0.956 bits per heavy atom. The van der Waals surface area contributed by atoms with E-state index >= 15 is 0 Å². The fourth-order valence-corrected chi connectivity index (χ4v) is 5.64. The summed E-state index contributed by atoms with van der Waals surface area (Å²) in [5.41, 5.74) is 0. The Kier molecular flexibility index (Phi) is 34.3. The molecule has 0 rings (SSSR count). The third kappa shape index (κ3) is 31.0. The molecule has 1 amide bonds. The first-order chi connectivity index (χ1) is 22.1. The standard InChI is InChI=1S/C40H75NO4/c1-3-5-7-9-11-13-15-17-18-19-20-21-22-23-25-26-28-30-32-34-38(43)37(36-42)41-40(45)39(44)35-33-31-29-27-24-16-14-12-10-8-6-4-2/h24,27,31-34,37-39,42-44H,3-23,25-26,28-30,35-36H2,1-2H3,(H,41,45)/b27-24-,33-31-,34-32+. The monoisotopic (exact) mass is 634 g/mol. The molecule has 3 atom stereocenters. The predicted molar refractivity (Wildman–Crippen MR) is 194 cm³/mol. The number of rotatable bonds is 34. The van der Waals surface area contributed by atoms with Crippen molar-refractivity contribution >= 4 is 5.91 Å². The number of aliphatic hydroxyl groups is 3. The molecule has 0 aliphatic rings. The summed E-state index contributed by atoms with van der Waals surface area (Å²) in [6.07, 6.45) is 43.3. The van der Waals surface area contributed by atoms with Gasteiger partial charge in [-0.1, -0.05) is 185 Å². The molecule has 5 heteroatoms. The summed E-state index contributed by atoms with van der Waals surface area (Å²) in [7, 11) is 0. The van der Waals surface area contributed by atoms with Crippen molar-refractivity contribution in [1.29, 1.82) is 0 Å². The third-order valence-corrected chi connectivity index (χ3v) is 8.74. The van der Waals surface area contributed by atoms with E-state index in [1.807, 2.05) is 18.2 Å². The molecule has 5 nitrogen and oxygen atoms in total. The number of amides is 1. The quantitative estimate of drug-likeness (QED) is 0.0419. The largest absolute Gasteiger partial charge is 0.394 e. The van der Waals surface area contributed by atoms with E-state index in [-0.39, 0.29) is 13.0 Å². The van der Waals surface area contributed by atoms with Crippen LogP contribution in [0.5, 0.6) is 0 Å². The van der Waals surface area contributed by atoms with E-state index in [0.717, 1.165) is 25.7 Å². The smallest absolute Gasteiger partial charge is 0.249 e. The lowest BCUT2D eigenvalue weighted by molar-refractivity contribution is -0.131. The maximum atomic E-state index is 12.3. The van der Waals surface area contributed by atoms with E-state index in [1.165, 1.54) is 141 Å². The first-order valence-electron chi connectivity index (χ1n) is 19.3. The average Bonchev–Trinajstić information content (AvgIpc) is 3.04. The van der Waals surface area contributed by atoms with Gasteiger partial charge in [-0.05, 0) is 32.1 Å². The molecule has 0 aliphatic heterocycles. The zero-order chi connectivity index (χ0) is 33.1. The van der Waals surface area contributed by atoms with Crippen LogP contribution >= 0.6 is 0 Å². The van der Waals surface area contributed by atoms with Crippen LogP contribution < -0.4 is 5.32 Å². The molecule has 0 aromatic heterocycles. The molecule has 3 unspecified atom stereocenters. The van der Waals surface area contributed by atoms with E-state index in [2.05, 4.69) is 31.3 Å². The van der Waals surface area contributed by atoms with Gasteiger partial charge in [0.15, 0.2) is 0 Å². The highest BCUT2D eigenvalue weighted by molar-refractivity contribution is 5.81. The lowest BCUT2D eigenvalue weighted by Crippen LogP contribution is -2.48. The average molecular weight is 634 g/mol. The first-order valence-corrected chi connectivity index (χ1v) is 19.3. The van der Waals surface area contributed by atoms with Crippen molar-refractivity contribution in [2.24, 2.45) is 0 Å². The van der Waals surface area contributed by atoms with Crippen molar-refractivity contribution in [3.63, 3.8) is 0 Å². The highest BCUT2D eigenvalue weighted by atomic mass is 16.3. The molecule has 0 aromatic rings. The number of nitrogens with one attached hydrogen (secondary N) is 1. The highest BCUT2D eigenvalue weighted by Crippen LogP contribution is 2.14. The fourth-order valence-electron chi connectivity index (χ4n) is 5.64. The molecule has 0 fully saturated rings. The SMILES string of the molecule is CCCCCCCC/C=C\C/C=C\CC(O)C(=O)NC(CO)C(O)/C=C/CCCCCCCCCCCCCCCCCCC. The summed E-state index contributed by atoms with van der Waals surface area (Å²) in [6.45, 7) is 4.13. The zero-order valence-electron chi connectivity index (χ0n) is 29.7. The Morgan fingerprint density at radius 1 is 0.556 bits per heavy atom. The molecule has 264 valence electrons. The van der Waals surface area contributed by atoms with Gasteiger partial charge in [-0.3, -0.25) is 4.79 Å². The molecular weight excluding hydrogens is 558 g/mol. The van der Waals surface area contributed by atoms with Gasteiger partial charge in [-0.15, -0.1) is 0 Å². The molecule has 0 heterocycles. The number of carbonyl (C=O) groups is 1. The normalized spacial score (nSPS) is 14.2. The van der Waals surface area contributed by atoms with Crippen LogP contribution in [-0.4, -0.2) is 46.1 Å². The zero-order valence-corrected chi connectivity index (χ0v) is 29.7. The van der Waals surface area contributed by atoms with E-state index < -0.39 is 24.2 Å². The second-order valence-corrected chi connectivity index (χ2v) is 13.1. The van der Waals surface area contributed by atoms with Crippen LogP contribution in [0.15, 0.2) is 36.5 Å². The van der Waals surface area contributed by atoms with E-state index in [9.17, 15) is 20.1 Å². The van der Waals surface area contributed by atoms with Crippen molar-refractivity contribution in [3.8, 4) is 0 Å². The third-order valence-electron chi connectivity index (χ3n) is 8.74. The first kappa shape index (κ1) is 43.6. The van der Waals surface area contributed by atoms with Gasteiger partial charge in [0.2, 0.25) is 5.91 Å². The minimum atomic E-state index is -1.20. The van der Waals surface area contributed by atoms with Gasteiger partial charge < -0.3 is 20.6 Å². The molecule has 0 spiro atoms. The number of carbonyl (C=O) groups excluding carboxylic acids is 1. The van der Waals surface area contributed by atoms with Gasteiger partial charge in [0.1, 0.15) is 6.10 Å². The Hall–Kier alpha value is -1.43. The van der Waals surface area contributed by atoms with Crippen molar-refractivity contribution in [2.75, 3.05) is 6.61 Å². The lowest BCUT2D eigenvalue weighted by atomic mass is 10.0. The number of hydrogen-bond acceptors (Lipinski definition) is 4. The lowest BCUT2D eigenvalue weighted by Gasteiger charge is -2.21. The maximum absolute atomic E-state index is 12.3. The van der Waals surface area contributed by atoms with Gasteiger partial charge in [-0.2, -0.15) is 0 Å². The van der Waals surface area contributed by atoms with Gasteiger partial charge in [-0.25, -0.2) is 0 Å². The topological polar surface area (TPSA) is 89.8 Å². The van der Waals surface area contributed by atoms with Crippen molar-refractivity contribution in [3.05, 3.63) is 36.5 Å². The molecule has 0 aromatic carbocycles. The molecule has 0 aliphatic carbocycles. The minimum Gasteiger partial charge on any atom is -0.394 e. The Labute approximate surface area is 279 Å². The summed E-state index contributed by atoms with van der Waals surface area (Å²) in [4.78, 5) is 12.3. The molecule has 0 radical (unpaired) electrons. The molecular formula is C40H75NO4. The van der Waals surface area contributed by atoms with Crippen LogP contribution in [0.1, 0.15) is 187 Å². The van der Waals surface area contributed by atoms with Crippen LogP contribution in [0.3, 0.4) is 0 Å². The van der Waals surface area contributed by atoms with Crippen LogP contribution in [0.2, 0.25) is 0 Å². The Morgan fingerprint density at radius 3 is 1.40 bits per heavy atom. The van der Waals surface area contributed by atoms with Gasteiger partial charge in [0, 0.05) is 6.42 Å². The van der Waals surface area contributed by atoms with E-state index in [4.69, 9.17) is 0 Å². The van der Waals surface area contributed by atoms with Crippen molar-refractivity contribution in [2.45, 2.75) is 205 Å². The maximum Gasteiger partial charge on any atom is 0.249 e.